The first-order chi connectivity index (χ1) is 12.2. The highest BCUT2D eigenvalue weighted by atomic mass is 32.2. The van der Waals surface area contributed by atoms with Gasteiger partial charge in [0, 0.05) is 5.56 Å². The number of benzene rings is 2. The Morgan fingerprint density at radius 2 is 1.68 bits per heavy atom. The Bertz CT molecular complexity index is 1030. The average Bonchev–Trinajstić information content (AvgIpc) is 3.09. The fraction of sp³-hybridized carbons (Fsp3) is 0.111. The lowest BCUT2D eigenvalue weighted by Crippen LogP contribution is -1.94. The summed E-state index contributed by atoms with van der Waals surface area (Å²) in [6.45, 7) is 1.93. The molecule has 0 aliphatic heterocycles. The molecule has 124 valence electrons. The first kappa shape index (κ1) is 15.7. The van der Waals surface area contributed by atoms with Gasteiger partial charge in [0.1, 0.15) is 10.8 Å². The zero-order chi connectivity index (χ0) is 17.2. The maximum atomic E-state index is 13.0. The molecule has 0 saturated heterocycles. The van der Waals surface area contributed by atoms with E-state index in [4.69, 9.17) is 4.52 Å². The number of para-hydroxylation sites is 2. The molecule has 0 atom stereocenters. The summed E-state index contributed by atoms with van der Waals surface area (Å²) in [6.07, 6.45) is 0. The van der Waals surface area contributed by atoms with Gasteiger partial charge >= 0.3 is 0 Å². The van der Waals surface area contributed by atoms with E-state index in [1.807, 2.05) is 31.2 Å². The van der Waals surface area contributed by atoms with E-state index in [-0.39, 0.29) is 5.82 Å². The lowest BCUT2D eigenvalue weighted by molar-refractivity contribution is 0.425. The molecular weight excluding hydrogens is 339 g/mol. The van der Waals surface area contributed by atoms with Crippen LogP contribution in [0.1, 0.15) is 11.5 Å². The van der Waals surface area contributed by atoms with Gasteiger partial charge in [-0.3, -0.25) is 0 Å². The summed E-state index contributed by atoms with van der Waals surface area (Å²) in [7, 11) is 0. The van der Waals surface area contributed by atoms with Gasteiger partial charge in [-0.25, -0.2) is 14.4 Å². The largest absolute Gasteiger partial charge is 0.334 e. The quantitative estimate of drug-likeness (QED) is 0.507. The number of halogens is 1. The van der Waals surface area contributed by atoms with Crippen molar-refractivity contribution in [2.45, 2.75) is 17.7 Å². The van der Waals surface area contributed by atoms with Crippen LogP contribution in [0, 0.1) is 12.7 Å². The van der Waals surface area contributed by atoms with Crippen molar-refractivity contribution in [3.8, 4) is 11.5 Å². The molecule has 4 rings (SSSR count). The van der Waals surface area contributed by atoms with Crippen LogP contribution >= 0.6 is 11.8 Å². The Balaban J connectivity index is 1.52. The molecule has 0 bridgehead atoms. The Morgan fingerprint density at radius 3 is 2.44 bits per heavy atom. The number of thioether (sulfide) groups is 1. The van der Waals surface area contributed by atoms with Crippen molar-refractivity contribution >= 4 is 22.8 Å². The van der Waals surface area contributed by atoms with Crippen molar-refractivity contribution < 1.29 is 8.91 Å². The fourth-order valence-corrected chi connectivity index (χ4v) is 3.16. The lowest BCUT2D eigenvalue weighted by atomic mass is 10.2. The number of aryl methyl sites for hydroxylation is 1. The molecule has 0 N–H and O–H groups in total. The van der Waals surface area contributed by atoms with E-state index >= 15 is 0 Å². The summed E-state index contributed by atoms with van der Waals surface area (Å²) in [4.78, 5) is 13.6. The van der Waals surface area contributed by atoms with Gasteiger partial charge in [0.25, 0.3) is 5.89 Å². The van der Waals surface area contributed by atoms with E-state index in [0.717, 1.165) is 21.8 Å². The van der Waals surface area contributed by atoms with E-state index < -0.39 is 0 Å². The first-order valence-corrected chi connectivity index (χ1v) is 8.62. The predicted octanol–water partition coefficient (Wildman–Crippen LogP) is 4.42. The number of rotatable bonds is 4. The second-order valence-corrected chi connectivity index (χ2v) is 6.38. The second kappa shape index (κ2) is 6.60. The predicted molar refractivity (Wildman–Crippen MR) is 93.5 cm³/mol. The highest BCUT2D eigenvalue weighted by Gasteiger charge is 2.11. The Hall–Kier alpha value is -2.80. The summed E-state index contributed by atoms with van der Waals surface area (Å²) in [5.41, 5.74) is 3.29. The third-order valence-electron chi connectivity index (χ3n) is 3.60. The molecule has 2 aromatic heterocycles. The summed E-state index contributed by atoms with van der Waals surface area (Å²) < 4.78 is 18.2. The zero-order valence-electron chi connectivity index (χ0n) is 13.3. The molecule has 0 aliphatic rings. The Morgan fingerprint density at radius 1 is 0.960 bits per heavy atom. The van der Waals surface area contributed by atoms with Crippen LogP contribution in [0.4, 0.5) is 4.39 Å². The van der Waals surface area contributed by atoms with Gasteiger partial charge in [0.2, 0.25) is 0 Å². The van der Waals surface area contributed by atoms with Gasteiger partial charge < -0.3 is 4.52 Å². The van der Waals surface area contributed by atoms with Crippen LogP contribution in [-0.4, -0.2) is 20.1 Å². The summed E-state index contributed by atoms with van der Waals surface area (Å²) in [5, 5.41) is 4.81. The minimum absolute atomic E-state index is 0.301. The average molecular weight is 352 g/mol. The molecule has 7 heteroatoms. The second-order valence-electron chi connectivity index (χ2n) is 5.41. The van der Waals surface area contributed by atoms with Crippen LogP contribution < -0.4 is 0 Å². The van der Waals surface area contributed by atoms with Gasteiger partial charge in [0.15, 0.2) is 5.82 Å². The smallest absolute Gasteiger partial charge is 0.257 e. The highest BCUT2D eigenvalue weighted by molar-refractivity contribution is 7.98. The molecule has 0 unspecified atom stereocenters. The van der Waals surface area contributed by atoms with Crippen LogP contribution in [0.25, 0.3) is 22.5 Å². The van der Waals surface area contributed by atoms with Crippen molar-refractivity contribution in [2.24, 2.45) is 0 Å². The van der Waals surface area contributed by atoms with E-state index in [1.54, 1.807) is 12.1 Å². The van der Waals surface area contributed by atoms with Crippen LogP contribution in [-0.2, 0) is 5.75 Å². The normalized spacial score (nSPS) is 11.1. The molecule has 2 aromatic carbocycles. The molecule has 2 heterocycles. The van der Waals surface area contributed by atoms with E-state index in [9.17, 15) is 4.39 Å². The fourth-order valence-electron chi connectivity index (χ4n) is 2.36. The summed E-state index contributed by atoms with van der Waals surface area (Å²) >= 11 is 1.51. The van der Waals surface area contributed by atoms with Gasteiger partial charge in [-0.15, -0.1) is 0 Å². The van der Waals surface area contributed by atoms with Crippen LogP contribution in [0.3, 0.4) is 0 Å². The number of fused-ring (bicyclic) bond motifs is 1. The number of aromatic nitrogens is 4. The molecule has 0 spiro atoms. The van der Waals surface area contributed by atoms with Crippen LogP contribution in [0.15, 0.2) is 58.1 Å². The van der Waals surface area contributed by atoms with Crippen molar-refractivity contribution in [3.05, 3.63) is 65.9 Å². The molecule has 0 radical (unpaired) electrons. The topological polar surface area (TPSA) is 64.7 Å². The first-order valence-electron chi connectivity index (χ1n) is 7.64. The molecule has 0 saturated carbocycles. The summed E-state index contributed by atoms with van der Waals surface area (Å²) in [6, 6.07) is 13.7. The summed E-state index contributed by atoms with van der Waals surface area (Å²) in [5.74, 6) is 1.14. The maximum Gasteiger partial charge on any atom is 0.257 e. The van der Waals surface area contributed by atoms with Crippen molar-refractivity contribution in [3.63, 3.8) is 0 Å². The van der Waals surface area contributed by atoms with Crippen molar-refractivity contribution in [1.82, 2.24) is 20.1 Å². The van der Waals surface area contributed by atoms with E-state index in [1.165, 1.54) is 23.9 Å². The Labute approximate surface area is 147 Å². The van der Waals surface area contributed by atoms with E-state index in [2.05, 4.69) is 20.1 Å². The van der Waals surface area contributed by atoms with Gasteiger partial charge in [-0.2, -0.15) is 4.98 Å². The van der Waals surface area contributed by atoms with Crippen molar-refractivity contribution in [2.75, 3.05) is 0 Å². The van der Waals surface area contributed by atoms with Crippen LogP contribution in [0.5, 0.6) is 0 Å². The maximum absolute atomic E-state index is 13.0. The molecule has 0 amide bonds. The van der Waals surface area contributed by atoms with Crippen molar-refractivity contribution in [1.29, 1.82) is 0 Å². The van der Waals surface area contributed by atoms with E-state index in [0.29, 0.717) is 23.0 Å². The molecular formula is C18H13FN4OS. The Kier molecular flexibility index (Phi) is 4.15. The number of hydrogen-bond acceptors (Lipinski definition) is 6. The molecule has 25 heavy (non-hydrogen) atoms. The minimum Gasteiger partial charge on any atom is -0.334 e. The molecule has 5 nitrogen and oxygen atoms in total. The highest BCUT2D eigenvalue weighted by Crippen LogP contribution is 2.25. The third-order valence-corrected chi connectivity index (χ3v) is 4.66. The molecule has 0 fully saturated rings. The zero-order valence-corrected chi connectivity index (χ0v) is 14.1. The minimum atomic E-state index is -0.301. The number of hydrogen-bond donors (Lipinski definition) is 0. The van der Waals surface area contributed by atoms with Crippen LogP contribution in [0.2, 0.25) is 0 Å². The lowest BCUT2D eigenvalue weighted by Gasteiger charge is -2.04. The molecule has 0 aliphatic carbocycles. The van der Waals surface area contributed by atoms with Gasteiger partial charge in [0.05, 0.1) is 22.5 Å². The molecule has 4 aromatic rings. The standard InChI is InChI=1S/C18H13FN4OS/c1-11-18(21-15-5-3-2-4-14(15)20-11)25-10-16-22-17(24-23-16)12-6-8-13(19)9-7-12/h2-9H,10H2,1H3. The third kappa shape index (κ3) is 3.36. The monoisotopic (exact) mass is 352 g/mol. The van der Waals surface area contributed by atoms with Gasteiger partial charge in [-0.05, 0) is 43.3 Å². The number of nitrogens with zero attached hydrogens (tertiary/aromatic N) is 4. The SMILES string of the molecule is Cc1nc2ccccc2nc1SCc1noc(-c2ccc(F)cc2)n1. The van der Waals surface area contributed by atoms with Gasteiger partial charge in [-0.1, -0.05) is 29.1 Å².